The molecule has 45 heavy (non-hydrogen) atoms. The van der Waals surface area contributed by atoms with Gasteiger partial charge in [-0.05, 0) is 0 Å². The number of aliphatic hydroxyl groups is 14. The van der Waals surface area contributed by atoms with Gasteiger partial charge in [-0.3, -0.25) is 0 Å². The Bertz CT molecular complexity index is 914. The van der Waals surface area contributed by atoms with Gasteiger partial charge in [-0.25, -0.2) is 0 Å². The first kappa shape index (κ1) is 37.0. The van der Waals surface area contributed by atoms with Crippen LogP contribution in [0, 0.1) is 0 Å². The fourth-order valence-electron chi connectivity index (χ4n) is 5.51. The predicted octanol–water partition coefficient (Wildman–Crippen LogP) is -9.75. The first-order chi connectivity index (χ1) is 21.3. The molecule has 0 aliphatic carbocycles. The van der Waals surface area contributed by atoms with Crippen molar-refractivity contribution in [1.82, 2.24) is 0 Å². The summed E-state index contributed by atoms with van der Waals surface area (Å²) in [6.45, 7) is -3.47. The first-order valence-corrected chi connectivity index (χ1v) is 14.1. The minimum absolute atomic E-state index is 0.827. The van der Waals surface area contributed by atoms with E-state index in [1.807, 2.05) is 0 Å². The van der Waals surface area contributed by atoms with E-state index in [4.69, 9.17) is 33.2 Å². The molecule has 4 saturated heterocycles. The second-order valence-electron chi connectivity index (χ2n) is 11.1. The number of hydrogen-bond acceptors (Lipinski definition) is 21. The molecular weight excluding hydrogens is 624 g/mol. The zero-order valence-electron chi connectivity index (χ0n) is 23.5. The van der Waals surface area contributed by atoms with E-state index < -0.39 is 149 Å². The summed E-state index contributed by atoms with van der Waals surface area (Å²) in [6, 6.07) is 0. The summed E-state index contributed by atoms with van der Waals surface area (Å²) in [5, 5.41) is 143. The molecule has 0 aromatic heterocycles. The maximum absolute atomic E-state index is 10.9. The fraction of sp³-hybridized carbons (Fsp3) is 1.00. The maximum Gasteiger partial charge on any atom is 0.187 e. The molecule has 0 aromatic rings. The van der Waals surface area contributed by atoms with E-state index in [-0.39, 0.29) is 0 Å². The van der Waals surface area contributed by atoms with Crippen LogP contribution >= 0.6 is 0 Å². The Hall–Kier alpha value is -0.840. The van der Waals surface area contributed by atoms with Crippen molar-refractivity contribution < 1.29 is 105 Å². The molecule has 0 saturated carbocycles. The van der Waals surface area contributed by atoms with Gasteiger partial charge >= 0.3 is 0 Å². The number of aliphatic hydroxyl groups excluding tert-OH is 14. The summed E-state index contributed by atoms with van der Waals surface area (Å²) in [5.74, 6) is 0. The molecule has 0 radical (unpaired) electrons. The quantitative estimate of drug-likeness (QED) is 0.103. The van der Waals surface area contributed by atoms with Crippen LogP contribution in [-0.2, 0) is 33.2 Å². The van der Waals surface area contributed by atoms with Crippen LogP contribution in [0.25, 0.3) is 0 Å². The van der Waals surface area contributed by atoms with Crippen molar-refractivity contribution in [1.29, 1.82) is 0 Å². The Balaban J connectivity index is 1.63. The fourth-order valence-corrected chi connectivity index (χ4v) is 5.51. The average Bonchev–Trinajstić information content (AvgIpc) is 3.03. The molecule has 4 rings (SSSR count). The standard InChI is InChI=1S/C24H42O21/c25-1-5-9(29)12(32)15(35)22(40-5)43-18-8(4-28)39-21(38)17(37)19(18)44-24-20(14(34)11(31)7(3-27)42-24)45-23-16(36)13(33)10(30)6(2-26)41-23/h5-38H,1-4H2/t5-,6-,7-,8-,9-,10-,11-,12+,13+,14+,15-,16+,17-,18+,19-,20+,21?,22+,23-,24-/m1/s1. The minimum Gasteiger partial charge on any atom is -0.394 e. The molecule has 21 nitrogen and oxygen atoms in total. The highest BCUT2D eigenvalue weighted by Gasteiger charge is 2.55. The molecule has 0 bridgehead atoms. The summed E-state index contributed by atoms with van der Waals surface area (Å²) in [6.07, 6.45) is -36.5. The van der Waals surface area contributed by atoms with Gasteiger partial charge < -0.3 is 105 Å². The molecule has 0 aromatic carbocycles. The lowest BCUT2D eigenvalue weighted by Gasteiger charge is -2.49. The van der Waals surface area contributed by atoms with E-state index in [1.54, 1.807) is 0 Å². The van der Waals surface area contributed by atoms with Crippen LogP contribution < -0.4 is 0 Å². The van der Waals surface area contributed by atoms with Gasteiger partial charge in [0, 0.05) is 0 Å². The van der Waals surface area contributed by atoms with Crippen LogP contribution in [-0.4, -0.2) is 221 Å². The van der Waals surface area contributed by atoms with Gasteiger partial charge in [0.25, 0.3) is 0 Å². The summed E-state index contributed by atoms with van der Waals surface area (Å²) < 4.78 is 38.4. The molecule has 0 spiro atoms. The van der Waals surface area contributed by atoms with E-state index in [1.165, 1.54) is 0 Å². The van der Waals surface area contributed by atoms with Crippen molar-refractivity contribution >= 4 is 0 Å². The summed E-state index contributed by atoms with van der Waals surface area (Å²) in [4.78, 5) is 0. The van der Waals surface area contributed by atoms with Crippen LogP contribution in [0.4, 0.5) is 0 Å². The van der Waals surface area contributed by atoms with Gasteiger partial charge in [-0.1, -0.05) is 0 Å². The van der Waals surface area contributed by atoms with Crippen LogP contribution in [0.15, 0.2) is 0 Å². The van der Waals surface area contributed by atoms with Crippen molar-refractivity contribution in [3.63, 3.8) is 0 Å². The first-order valence-electron chi connectivity index (χ1n) is 14.1. The topological polar surface area (TPSA) is 348 Å². The molecule has 1 unspecified atom stereocenters. The van der Waals surface area contributed by atoms with Crippen LogP contribution in [0.2, 0.25) is 0 Å². The minimum atomic E-state index is -2.06. The van der Waals surface area contributed by atoms with E-state index in [0.717, 1.165) is 0 Å². The van der Waals surface area contributed by atoms with E-state index in [0.29, 0.717) is 0 Å². The summed E-state index contributed by atoms with van der Waals surface area (Å²) >= 11 is 0. The Kier molecular flexibility index (Phi) is 12.8. The summed E-state index contributed by atoms with van der Waals surface area (Å²) in [7, 11) is 0. The third-order valence-electron chi connectivity index (χ3n) is 8.21. The van der Waals surface area contributed by atoms with Gasteiger partial charge in [0.2, 0.25) is 0 Å². The molecule has 264 valence electrons. The molecule has 4 aliphatic heterocycles. The van der Waals surface area contributed by atoms with E-state index in [2.05, 4.69) is 0 Å². The third kappa shape index (κ3) is 7.44. The van der Waals surface area contributed by atoms with Crippen LogP contribution in [0.1, 0.15) is 0 Å². The van der Waals surface area contributed by atoms with E-state index >= 15 is 0 Å². The average molecular weight is 667 g/mol. The number of rotatable bonds is 10. The lowest BCUT2D eigenvalue weighted by Crippen LogP contribution is -2.68. The predicted molar refractivity (Wildman–Crippen MR) is 134 cm³/mol. The monoisotopic (exact) mass is 666 g/mol. The second-order valence-corrected chi connectivity index (χ2v) is 11.1. The number of ether oxygens (including phenoxy) is 7. The summed E-state index contributed by atoms with van der Waals surface area (Å²) in [5.41, 5.74) is 0. The highest BCUT2D eigenvalue weighted by Crippen LogP contribution is 2.35. The molecule has 21 heteroatoms. The lowest BCUT2D eigenvalue weighted by atomic mass is 9.95. The van der Waals surface area contributed by atoms with Crippen molar-refractivity contribution in [3.8, 4) is 0 Å². The molecule has 4 aliphatic rings. The molecule has 4 fully saturated rings. The smallest absolute Gasteiger partial charge is 0.187 e. The van der Waals surface area contributed by atoms with Gasteiger partial charge in [0.05, 0.1) is 26.4 Å². The van der Waals surface area contributed by atoms with Crippen molar-refractivity contribution in [2.45, 2.75) is 123 Å². The SMILES string of the molecule is OC[C@H]1O[C@H](O[C@@H]2[C@@H](O[C@H]3[C@@H](O[C@@H]4O[C@H](CO)[C@@H](O)[C@H](O)[C@H]4O)[C@@H](CO)OC(O)[C@@H]3O)O[C@H](CO)[C@@H](O)[C@@H]2O)[C@@H](O)[C@@H](O)[C@@H]1O. The molecule has 0 amide bonds. The molecule has 20 atom stereocenters. The van der Waals surface area contributed by atoms with Gasteiger partial charge in [-0.2, -0.15) is 0 Å². The van der Waals surface area contributed by atoms with Crippen molar-refractivity contribution in [2.75, 3.05) is 26.4 Å². The highest BCUT2D eigenvalue weighted by atomic mass is 16.8. The molecule has 14 N–H and O–H groups in total. The van der Waals surface area contributed by atoms with Gasteiger partial charge in [0.1, 0.15) is 97.7 Å². The normalized spacial score (nSPS) is 52.9. The molecule has 4 heterocycles. The Morgan fingerprint density at radius 1 is 0.333 bits per heavy atom. The Labute approximate surface area is 254 Å². The van der Waals surface area contributed by atoms with Crippen LogP contribution in [0.5, 0.6) is 0 Å². The highest BCUT2D eigenvalue weighted by molar-refractivity contribution is 4.98. The van der Waals surface area contributed by atoms with Crippen LogP contribution in [0.3, 0.4) is 0 Å². The van der Waals surface area contributed by atoms with E-state index in [9.17, 15) is 71.5 Å². The van der Waals surface area contributed by atoms with Crippen molar-refractivity contribution in [3.05, 3.63) is 0 Å². The van der Waals surface area contributed by atoms with Crippen molar-refractivity contribution in [2.24, 2.45) is 0 Å². The maximum atomic E-state index is 10.9. The zero-order valence-corrected chi connectivity index (χ0v) is 23.5. The molecular formula is C24H42O21. The van der Waals surface area contributed by atoms with Gasteiger partial charge in [-0.15, -0.1) is 0 Å². The Morgan fingerprint density at radius 2 is 0.711 bits per heavy atom. The Morgan fingerprint density at radius 3 is 1.16 bits per heavy atom. The third-order valence-corrected chi connectivity index (χ3v) is 8.21. The largest absolute Gasteiger partial charge is 0.394 e. The lowest BCUT2D eigenvalue weighted by molar-refractivity contribution is -0.399. The zero-order chi connectivity index (χ0) is 33.3. The second kappa shape index (κ2) is 15.6. The van der Waals surface area contributed by atoms with Gasteiger partial charge in [0.15, 0.2) is 25.2 Å². The number of hydrogen-bond donors (Lipinski definition) is 14.